The highest BCUT2D eigenvalue weighted by atomic mass is 16.5. The minimum Gasteiger partial charge on any atom is -0.497 e. The number of anilines is 1. The highest BCUT2D eigenvalue weighted by Crippen LogP contribution is 2.31. The highest BCUT2D eigenvalue weighted by Gasteiger charge is 2.35. The average molecular weight is 543 g/mol. The summed E-state index contributed by atoms with van der Waals surface area (Å²) in [5.74, 6) is 1.18. The van der Waals surface area contributed by atoms with Crippen molar-refractivity contribution in [2.45, 2.75) is 57.8 Å². The van der Waals surface area contributed by atoms with E-state index in [1.807, 2.05) is 70.6 Å². The van der Waals surface area contributed by atoms with Crippen molar-refractivity contribution in [3.63, 3.8) is 0 Å². The molecule has 3 aromatic rings. The van der Waals surface area contributed by atoms with E-state index in [9.17, 15) is 9.59 Å². The third-order valence-corrected chi connectivity index (χ3v) is 7.98. The number of pyridine rings is 1. The topological polar surface area (TPSA) is 75.2 Å². The van der Waals surface area contributed by atoms with Gasteiger partial charge in [-0.3, -0.25) is 19.5 Å². The van der Waals surface area contributed by atoms with Crippen LogP contribution in [0.15, 0.2) is 72.9 Å². The summed E-state index contributed by atoms with van der Waals surface area (Å²) in [5.41, 5.74) is 2.84. The molecule has 2 aromatic carbocycles. The van der Waals surface area contributed by atoms with Gasteiger partial charge in [-0.25, -0.2) is 0 Å². The number of rotatable bonds is 6. The summed E-state index contributed by atoms with van der Waals surface area (Å²) in [5, 5.41) is 0. The second kappa shape index (κ2) is 13.0. The molecule has 0 spiro atoms. The maximum atomic E-state index is 13.8. The van der Waals surface area contributed by atoms with Crippen LogP contribution in [0.25, 0.3) is 0 Å². The van der Waals surface area contributed by atoms with Crippen molar-refractivity contribution in [2.24, 2.45) is 0 Å². The number of hydrogen-bond acceptors (Lipinski definition) is 6. The molecule has 2 bridgehead atoms. The van der Waals surface area contributed by atoms with E-state index in [4.69, 9.17) is 9.47 Å². The highest BCUT2D eigenvalue weighted by molar-refractivity contribution is 5.92. The Balaban J connectivity index is 1.46. The summed E-state index contributed by atoms with van der Waals surface area (Å²) in [6, 6.07) is 21.7. The van der Waals surface area contributed by atoms with Crippen LogP contribution >= 0.6 is 0 Å². The number of amides is 2. The van der Waals surface area contributed by atoms with Crippen LogP contribution < -0.4 is 14.4 Å². The molecule has 0 radical (unpaired) electrons. The number of fused-ring (bicyclic) bond motifs is 3. The van der Waals surface area contributed by atoms with E-state index in [2.05, 4.69) is 16.0 Å². The van der Waals surface area contributed by atoms with E-state index >= 15 is 0 Å². The normalized spacial score (nSPS) is 19.8. The Morgan fingerprint density at radius 3 is 2.55 bits per heavy atom. The number of hydrogen-bond donors (Lipinski definition) is 0. The molecule has 1 saturated heterocycles. The molecule has 0 saturated carbocycles. The zero-order chi connectivity index (χ0) is 27.9. The molecule has 3 heterocycles. The van der Waals surface area contributed by atoms with Gasteiger partial charge in [-0.05, 0) is 55.2 Å². The van der Waals surface area contributed by atoms with Crippen LogP contribution in [-0.2, 0) is 22.7 Å². The van der Waals surface area contributed by atoms with Crippen molar-refractivity contribution in [3.8, 4) is 11.5 Å². The number of carbonyl (C=O) groups is 2. The van der Waals surface area contributed by atoms with Crippen LogP contribution in [0.4, 0.5) is 5.69 Å². The molecule has 2 aliphatic rings. The molecular formula is C32H38N4O4. The second-order valence-electron chi connectivity index (χ2n) is 10.6. The second-order valence-corrected chi connectivity index (χ2v) is 10.6. The van der Waals surface area contributed by atoms with Gasteiger partial charge in [-0.1, -0.05) is 36.8 Å². The number of methoxy groups -OCH3 is 1. The van der Waals surface area contributed by atoms with Gasteiger partial charge in [0.25, 0.3) is 5.91 Å². The van der Waals surface area contributed by atoms with Crippen LogP contribution in [0.2, 0.25) is 0 Å². The van der Waals surface area contributed by atoms with E-state index in [0.29, 0.717) is 37.7 Å². The fourth-order valence-electron chi connectivity index (χ4n) is 5.94. The lowest BCUT2D eigenvalue weighted by Crippen LogP contribution is -2.52. The SMILES string of the molecule is COc1cccc(OCC(=O)N2Cc3ccccc3N(C(C)=O)CCC3CCCC(C2)N3Cc2ccccn2)c1. The molecule has 2 atom stereocenters. The van der Waals surface area contributed by atoms with Crippen LogP contribution in [-0.4, -0.2) is 65.5 Å². The maximum Gasteiger partial charge on any atom is 0.260 e. The molecule has 0 aliphatic carbocycles. The number of ether oxygens (including phenoxy) is 2. The average Bonchev–Trinajstić information content (AvgIpc) is 2.99. The fraction of sp³-hybridized carbons (Fsp3) is 0.406. The van der Waals surface area contributed by atoms with Crippen molar-refractivity contribution < 1.29 is 19.1 Å². The molecule has 2 amide bonds. The Labute approximate surface area is 236 Å². The van der Waals surface area contributed by atoms with Crippen molar-refractivity contribution in [1.82, 2.24) is 14.8 Å². The third-order valence-electron chi connectivity index (χ3n) is 7.98. The Hall–Kier alpha value is -3.91. The molecule has 2 unspecified atom stereocenters. The largest absolute Gasteiger partial charge is 0.497 e. The minimum absolute atomic E-state index is 0.00886. The van der Waals surface area contributed by atoms with Gasteiger partial charge in [0, 0.05) is 63.1 Å². The van der Waals surface area contributed by atoms with Crippen molar-refractivity contribution in [3.05, 3.63) is 84.2 Å². The molecule has 8 nitrogen and oxygen atoms in total. The number of para-hydroxylation sites is 1. The Morgan fingerprint density at radius 1 is 0.950 bits per heavy atom. The quantitative estimate of drug-likeness (QED) is 0.451. The van der Waals surface area contributed by atoms with Crippen LogP contribution in [0.5, 0.6) is 11.5 Å². The predicted octanol–water partition coefficient (Wildman–Crippen LogP) is 4.68. The molecule has 8 heteroatoms. The smallest absolute Gasteiger partial charge is 0.260 e. The Bertz CT molecular complexity index is 1300. The molecular weight excluding hydrogens is 504 g/mol. The number of benzene rings is 2. The maximum absolute atomic E-state index is 13.8. The van der Waals surface area contributed by atoms with E-state index in [-0.39, 0.29) is 30.5 Å². The molecule has 1 fully saturated rings. The first-order valence-corrected chi connectivity index (χ1v) is 14.1. The van der Waals surface area contributed by atoms with Crippen LogP contribution in [0, 0.1) is 0 Å². The van der Waals surface area contributed by atoms with E-state index in [1.54, 1.807) is 20.1 Å². The van der Waals surface area contributed by atoms with Gasteiger partial charge in [-0.2, -0.15) is 0 Å². The van der Waals surface area contributed by atoms with Gasteiger partial charge >= 0.3 is 0 Å². The third kappa shape index (κ3) is 6.62. The molecule has 210 valence electrons. The Kier molecular flexibility index (Phi) is 8.96. The summed E-state index contributed by atoms with van der Waals surface area (Å²) in [6.07, 6.45) is 5.84. The summed E-state index contributed by atoms with van der Waals surface area (Å²) in [6.45, 7) is 3.87. The number of nitrogens with zero attached hydrogens (tertiary/aromatic N) is 4. The summed E-state index contributed by atoms with van der Waals surface area (Å²) < 4.78 is 11.2. The van der Waals surface area contributed by atoms with Crippen LogP contribution in [0.3, 0.4) is 0 Å². The first-order chi connectivity index (χ1) is 19.5. The lowest BCUT2D eigenvalue weighted by atomic mass is 9.92. The van der Waals surface area contributed by atoms with Gasteiger partial charge < -0.3 is 19.3 Å². The van der Waals surface area contributed by atoms with Crippen LogP contribution in [0.1, 0.15) is 43.9 Å². The fourth-order valence-corrected chi connectivity index (χ4v) is 5.94. The van der Waals surface area contributed by atoms with Gasteiger partial charge in [0.2, 0.25) is 5.91 Å². The van der Waals surface area contributed by atoms with Crippen molar-refractivity contribution in [2.75, 3.05) is 31.7 Å². The molecule has 1 aromatic heterocycles. The lowest BCUT2D eigenvalue weighted by Gasteiger charge is -2.44. The lowest BCUT2D eigenvalue weighted by molar-refractivity contribution is -0.135. The zero-order valence-electron chi connectivity index (χ0n) is 23.4. The van der Waals surface area contributed by atoms with E-state index in [0.717, 1.165) is 42.6 Å². The molecule has 2 aliphatic heterocycles. The van der Waals surface area contributed by atoms with Gasteiger partial charge in [0.1, 0.15) is 11.5 Å². The van der Waals surface area contributed by atoms with Crippen molar-refractivity contribution >= 4 is 17.5 Å². The summed E-state index contributed by atoms with van der Waals surface area (Å²) in [4.78, 5) is 37.6. The van der Waals surface area contributed by atoms with Gasteiger partial charge in [-0.15, -0.1) is 0 Å². The molecule has 0 N–H and O–H groups in total. The number of piperidine rings is 1. The molecule has 5 rings (SSSR count). The minimum atomic E-state index is -0.0915. The predicted molar refractivity (Wildman–Crippen MR) is 154 cm³/mol. The number of aromatic nitrogens is 1. The first-order valence-electron chi connectivity index (χ1n) is 14.1. The van der Waals surface area contributed by atoms with Crippen molar-refractivity contribution in [1.29, 1.82) is 0 Å². The Morgan fingerprint density at radius 2 is 1.75 bits per heavy atom. The van der Waals surface area contributed by atoms with Gasteiger partial charge in [0.05, 0.1) is 12.8 Å². The van der Waals surface area contributed by atoms with E-state index < -0.39 is 0 Å². The summed E-state index contributed by atoms with van der Waals surface area (Å²) in [7, 11) is 1.61. The zero-order valence-corrected chi connectivity index (χ0v) is 23.4. The number of carbonyl (C=O) groups excluding carboxylic acids is 2. The summed E-state index contributed by atoms with van der Waals surface area (Å²) >= 11 is 0. The monoisotopic (exact) mass is 542 g/mol. The first kappa shape index (κ1) is 27.6. The van der Waals surface area contributed by atoms with E-state index in [1.165, 1.54) is 0 Å². The van der Waals surface area contributed by atoms with Gasteiger partial charge in [0.15, 0.2) is 6.61 Å². The standard InChI is InChI=1S/C32H38N4O4/c1-24(37)35-18-16-27-11-7-12-28(36(27)21-26-10-5-6-17-33-26)22-34(20-25-9-3-4-15-31(25)35)32(38)23-40-30-14-8-13-29(19-30)39-2/h3-6,8-10,13-15,17,19,27-28H,7,11-12,16,18,20-23H2,1-2H3. The molecule has 40 heavy (non-hydrogen) atoms.